The smallest absolute Gasteiger partial charge is 0.307 e. The van der Waals surface area contributed by atoms with Crippen LogP contribution in [0, 0.1) is 5.92 Å². The average Bonchev–Trinajstić information content (AvgIpc) is 2.92. The Morgan fingerprint density at radius 1 is 1.11 bits per heavy atom. The standard InChI is InChI=1S/C14H23NO3/c1-18-13(16)10-12-8-4-5-9-15(12)14(17)11-6-2-3-7-11/h11-12H,2-10H2,1H3. The van der Waals surface area contributed by atoms with Gasteiger partial charge in [-0.25, -0.2) is 0 Å². The molecule has 1 saturated heterocycles. The third-order valence-corrected chi connectivity index (χ3v) is 4.24. The lowest BCUT2D eigenvalue weighted by Gasteiger charge is -2.36. The van der Waals surface area contributed by atoms with E-state index in [0.717, 1.165) is 38.6 Å². The van der Waals surface area contributed by atoms with Gasteiger partial charge in [0.25, 0.3) is 0 Å². The van der Waals surface area contributed by atoms with Gasteiger partial charge >= 0.3 is 5.97 Å². The predicted molar refractivity (Wildman–Crippen MR) is 67.9 cm³/mol. The molecule has 1 amide bonds. The van der Waals surface area contributed by atoms with Crippen molar-refractivity contribution < 1.29 is 14.3 Å². The fraction of sp³-hybridized carbons (Fsp3) is 0.857. The molecule has 1 unspecified atom stereocenters. The Bertz CT molecular complexity index is 310. The number of carbonyl (C=O) groups is 2. The Kier molecular flexibility index (Phi) is 4.61. The summed E-state index contributed by atoms with van der Waals surface area (Å²) >= 11 is 0. The van der Waals surface area contributed by atoms with Crippen LogP contribution in [0.15, 0.2) is 0 Å². The summed E-state index contributed by atoms with van der Waals surface area (Å²) in [5, 5.41) is 0. The normalized spacial score (nSPS) is 25.2. The molecule has 0 radical (unpaired) electrons. The van der Waals surface area contributed by atoms with Crippen molar-refractivity contribution in [1.82, 2.24) is 4.90 Å². The highest BCUT2D eigenvalue weighted by atomic mass is 16.5. The van der Waals surface area contributed by atoms with Crippen LogP contribution in [0.25, 0.3) is 0 Å². The van der Waals surface area contributed by atoms with Crippen molar-refractivity contribution in [2.75, 3.05) is 13.7 Å². The number of amides is 1. The van der Waals surface area contributed by atoms with Crippen LogP contribution in [0.2, 0.25) is 0 Å². The van der Waals surface area contributed by atoms with Gasteiger partial charge < -0.3 is 9.64 Å². The summed E-state index contributed by atoms with van der Waals surface area (Å²) in [6.45, 7) is 0.816. The minimum Gasteiger partial charge on any atom is -0.469 e. The predicted octanol–water partition coefficient (Wildman–Crippen LogP) is 2.12. The minimum atomic E-state index is -0.203. The zero-order valence-corrected chi connectivity index (χ0v) is 11.2. The molecule has 1 atom stereocenters. The maximum Gasteiger partial charge on any atom is 0.307 e. The van der Waals surface area contributed by atoms with Gasteiger partial charge in [0, 0.05) is 18.5 Å². The van der Waals surface area contributed by atoms with Crippen LogP contribution >= 0.6 is 0 Å². The summed E-state index contributed by atoms with van der Waals surface area (Å²) in [6, 6.07) is 0.0688. The summed E-state index contributed by atoms with van der Waals surface area (Å²) in [4.78, 5) is 25.8. The first-order valence-electron chi connectivity index (χ1n) is 7.09. The topological polar surface area (TPSA) is 46.6 Å². The number of carbonyl (C=O) groups excluding carboxylic acids is 2. The molecule has 0 aromatic rings. The molecule has 0 bridgehead atoms. The molecular weight excluding hydrogens is 230 g/mol. The van der Waals surface area contributed by atoms with Gasteiger partial charge in [-0.05, 0) is 32.1 Å². The second-order valence-electron chi connectivity index (χ2n) is 5.44. The molecule has 0 N–H and O–H groups in total. The first kappa shape index (κ1) is 13.4. The molecule has 2 rings (SSSR count). The molecule has 4 nitrogen and oxygen atoms in total. The number of piperidine rings is 1. The lowest BCUT2D eigenvalue weighted by molar-refractivity contribution is -0.146. The molecule has 1 aliphatic heterocycles. The Balaban J connectivity index is 1.97. The van der Waals surface area contributed by atoms with Crippen molar-refractivity contribution in [3.63, 3.8) is 0 Å². The van der Waals surface area contributed by atoms with E-state index in [1.54, 1.807) is 0 Å². The van der Waals surface area contributed by atoms with Crippen molar-refractivity contribution in [2.24, 2.45) is 5.92 Å². The lowest BCUT2D eigenvalue weighted by Crippen LogP contribution is -2.47. The molecule has 1 aliphatic carbocycles. The van der Waals surface area contributed by atoms with Crippen molar-refractivity contribution in [3.8, 4) is 0 Å². The second-order valence-corrected chi connectivity index (χ2v) is 5.44. The van der Waals surface area contributed by atoms with E-state index in [-0.39, 0.29) is 23.8 Å². The maximum absolute atomic E-state index is 12.5. The van der Waals surface area contributed by atoms with E-state index in [1.165, 1.54) is 20.0 Å². The quantitative estimate of drug-likeness (QED) is 0.724. The molecule has 2 fully saturated rings. The third kappa shape index (κ3) is 3.03. The number of hydrogen-bond donors (Lipinski definition) is 0. The number of rotatable bonds is 3. The van der Waals surface area contributed by atoms with Crippen molar-refractivity contribution in [3.05, 3.63) is 0 Å². The van der Waals surface area contributed by atoms with E-state index >= 15 is 0 Å². The summed E-state index contributed by atoms with van der Waals surface area (Å²) < 4.78 is 4.73. The van der Waals surface area contributed by atoms with E-state index in [9.17, 15) is 9.59 Å². The zero-order valence-electron chi connectivity index (χ0n) is 11.2. The summed E-state index contributed by atoms with van der Waals surface area (Å²) in [6.07, 6.45) is 7.87. The monoisotopic (exact) mass is 253 g/mol. The summed E-state index contributed by atoms with van der Waals surface area (Å²) in [7, 11) is 1.41. The largest absolute Gasteiger partial charge is 0.469 e. The van der Waals surface area contributed by atoms with Gasteiger partial charge in [0.15, 0.2) is 0 Å². The van der Waals surface area contributed by atoms with Crippen LogP contribution in [0.3, 0.4) is 0 Å². The number of methoxy groups -OCH3 is 1. The SMILES string of the molecule is COC(=O)CC1CCCCN1C(=O)C1CCCC1. The second kappa shape index (κ2) is 6.21. The summed E-state index contributed by atoms with van der Waals surface area (Å²) in [5.41, 5.74) is 0. The Labute approximate surface area is 109 Å². The molecular formula is C14H23NO3. The summed E-state index contributed by atoms with van der Waals surface area (Å²) in [5.74, 6) is 0.287. The number of esters is 1. The zero-order chi connectivity index (χ0) is 13.0. The Hall–Kier alpha value is -1.06. The van der Waals surface area contributed by atoms with Crippen LogP contribution in [-0.4, -0.2) is 36.5 Å². The van der Waals surface area contributed by atoms with Crippen LogP contribution in [0.1, 0.15) is 51.4 Å². The molecule has 4 heteroatoms. The van der Waals surface area contributed by atoms with Crippen molar-refractivity contribution in [2.45, 2.75) is 57.4 Å². The molecule has 1 saturated carbocycles. The fourth-order valence-electron chi connectivity index (χ4n) is 3.19. The van der Waals surface area contributed by atoms with Gasteiger partial charge in [-0.2, -0.15) is 0 Å². The highest BCUT2D eigenvalue weighted by Crippen LogP contribution is 2.30. The Morgan fingerprint density at radius 2 is 1.78 bits per heavy atom. The van der Waals surface area contributed by atoms with E-state index in [4.69, 9.17) is 4.74 Å². The number of nitrogens with zero attached hydrogens (tertiary/aromatic N) is 1. The first-order valence-corrected chi connectivity index (χ1v) is 7.09. The van der Waals surface area contributed by atoms with Crippen LogP contribution < -0.4 is 0 Å². The first-order chi connectivity index (χ1) is 8.72. The highest BCUT2D eigenvalue weighted by molar-refractivity contribution is 5.80. The van der Waals surface area contributed by atoms with Crippen molar-refractivity contribution >= 4 is 11.9 Å². The lowest BCUT2D eigenvalue weighted by atomic mass is 9.96. The highest BCUT2D eigenvalue weighted by Gasteiger charge is 2.33. The van der Waals surface area contributed by atoms with Gasteiger partial charge in [0.1, 0.15) is 0 Å². The van der Waals surface area contributed by atoms with Gasteiger partial charge in [0.05, 0.1) is 13.5 Å². The van der Waals surface area contributed by atoms with Crippen LogP contribution in [0.4, 0.5) is 0 Å². The molecule has 0 aromatic heterocycles. The van der Waals surface area contributed by atoms with E-state index in [2.05, 4.69) is 0 Å². The van der Waals surface area contributed by atoms with E-state index < -0.39 is 0 Å². The molecule has 0 spiro atoms. The third-order valence-electron chi connectivity index (χ3n) is 4.24. The molecule has 102 valence electrons. The van der Waals surface area contributed by atoms with E-state index in [0.29, 0.717) is 6.42 Å². The molecule has 0 aromatic carbocycles. The van der Waals surface area contributed by atoms with Gasteiger partial charge in [-0.1, -0.05) is 12.8 Å². The number of likely N-dealkylation sites (tertiary alicyclic amines) is 1. The van der Waals surface area contributed by atoms with Crippen LogP contribution in [-0.2, 0) is 14.3 Å². The molecule has 1 heterocycles. The van der Waals surface area contributed by atoms with Crippen LogP contribution in [0.5, 0.6) is 0 Å². The average molecular weight is 253 g/mol. The van der Waals surface area contributed by atoms with Crippen molar-refractivity contribution in [1.29, 1.82) is 0 Å². The van der Waals surface area contributed by atoms with E-state index in [1.807, 2.05) is 4.90 Å². The van der Waals surface area contributed by atoms with Gasteiger partial charge in [-0.3, -0.25) is 9.59 Å². The molecule has 18 heavy (non-hydrogen) atoms. The van der Waals surface area contributed by atoms with Gasteiger partial charge in [-0.15, -0.1) is 0 Å². The van der Waals surface area contributed by atoms with Gasteiger partial charge in [0.2, 0.25) is 5.91 Å². The maximum atomic E-state index is 12.5. The molecule has 2 aliphatic rings. The number of hydrogen-bond acceptors (Lipinski definition) is 3. The minimum absolute atomic E-state index is 0.0688. The fourth-order valence-corrected chi connectivity index (χ4v) is 3.19. The Morgan fingerprint density at radius 3 is 2.44 bits per heavy atom. The number of ether oxygens (including phenoxy) is 1.